The van der Waals surface area contributed by atoms with E-state index in [0.717, 1.165) is 11.1 Å². The van der Waals surface area contributed by atoms with Crippen molar-refractivity contribution >= 4 is 12.0 Å². The van der Waals surface area contributed by atoms with E-state index >= 15 is 0 Å². The number of hydrogen-bond donors (Lipinski definition) is 2. The first-order valence-corrected chi connectivity index (χ1v) is 3.69. The first-order valence-electron chi connectivity index (χ1n) is 3.69. The fourth-order valence-corrected chi connectivity index (χ4v) is 0.714. The van der Waals surface area contributed by atoms with Crippen molar-refractivity contribution in [2.24, 2.45) is 0 Å². The molecule has 3 N–H and O–H groups in total. The Kier molecular flexibility index (Phi) is 2.62. The van der Waals surface area contributed by atoms with Crippen LogP contribution in [0.1, 0.15) is 13.3 Å². The highest BCUT2D eigenvalue weighted by Crippen LogP contribution is 1.92. The van der Waals surface area contributed by atoms with Crippen LogP contribution in [0.2, 0.25) is 0 Å². The molecule has 1 rings (SSSR count). The van der Waals surface area contributed by atoms with Gasteiger partial charge in [-0.3, -0.25) is 0 Å². The maximum Gasteiger partial charge on any atom is 0.345 e. The van der Waals surface area contributed by atoms with E-state index in [9.17, 15) is 4.79 Å². The number of aromatic nitrogens is 3. The second kappa shape index (κ2) is 3.70. The van der Waals surface area contributed by atoms with Crippen molar-refractivity contribution in [1.82, 2.24) is 20.1 Å². The lowest BCUT2D eigenvalue weighted by atomic mass is 10.5. The fraction of sp³-hybridized carbons (Fsp3) is 0.500. The summed E-state index contributed by atoms with van der Waals surface area (Å²) in [6.45, 7) is 2.57. The molecule has 1 amide bonds. The summed E-state index contributed by atoms with van der Waals surface area (Å²) < 4.78 is 1.02. The van der Waals surface area contributed by atoms with Crippen molar-refractivity contribution in [3.8, 4) is 0 Å². The molecule has 1 heterocycles. The van der Waals surface area contributed by atoms with Crippen LogP contribution in [0, 0.1) is 0 Å². The van der Waals surface area contributed by atoms with Crippen LogP contribution in [0.5, 0.6) is 0 Å². The summed E-state index contributed by atoms with van der Waals surface area (Å²) in [6.07, 6.45) is 2.11. The van der Waals surface area contributed by atoms with Gasteiger partial charge in [0.05, 0.1) is 0 Å². The molecule has 0 radical (unpaired) electrons. The average Bonchev–Trinajstić information content (AvgIpc) is 2.47. The number of hydrogen-bond acceptors (Lipinski definition) is 4. The molecule has 0 aliphatic carbocycles. The van der Waals surface area contributed by atoms with Gasteiger partial charge in [-0.15, -0.1) is 9.78 Å². The van der Waals surface area contributed by atoms with Gasteiger partial charge in [-0.25, -0.2) is 4.79 Å². The summed E-state index contributed by atoms with van der Waals surface area (Å²) in [4.78, 5) is 14.8. The monoisotopic (exact) mass is 169 g/mol. The van der Waals surface area contributed by atoms with E-state index in [1.807, 2.05) is 6.92 Å². The second-order valence-corrected chi connectivity index (χ2v) is 2.26. The highest BCUT2D eigenvalue weighted by molar-refractivity contribution is 5.77. The molecule has 0 aliphatic rings. The first kappa shape index (κ1) is 8.51. The van der Waals surface area contributed by atoms with Gasteiger partial charge < -0.3 is 11.1 Å². The number of nitrogens with two attached hydrogens (primary N) is 1. The largest absolute Gasteiger partial charge is 0.368 e. The van der Waals surface area contributed by atoms with Gasteiger partial charge in [0.25, 0.3) is 0 Å². The van der Waals surface area contributed by atoms with Crippen LogP contribution in [-0.2, 0) is 0 Å². The van der Waals surface area contributed by atoms with Gasteiger partial charge in [0.1, 0.15) is 6.33 Å². The van der Waals surface area contributed by atoms with Crippen molar-refractivity contribution in [3.63, 3.8) is 0 Å². The lowest BCUT2D eigenvalue weighted by molar-refractivity contribution is 0.240. The number of anilines is 1. The summed E-state index contributed by atoms with van der Waals surface area (Å²) in [7, 11) is 0. The molecule has 0 saturated carbocycles. The predicted molar refractivity (Wildman–Crippen MR) is 43.5 cm³/mol. The molecule has 0 atom stereocenters. The van der Waals surface area contributed by atoms with E-state index in [2.05, 4.69) is 15.4 Å². The number of rotatable bonds is 2. The van der Waals surface area contributed by atoms with Crippen LogP contribution in [-0.4, -0.2) is 27.3 Å². The smallest absolute Gasteiger partial charge is 0.345 e. The SMILES string of the molecule is CCCNC(=O)n1ncnc1N. The highest BCUT2D eigenvalue weighted by atomic mass is 16.2. The zero-order valence-electron chi connectivity index (χ0n) is 6.82. The van der Waals surface area contributed by atoms with Crippen molar-refractivity contribution in [1.29, 1.82) is 0 Å². The van der Waals surface area contributed by atoms with E-state index in [1.54, 1.807) is 0 Å². The Bertz CT molecular complexity index is 269. The van der Waals surface area contributed by atoms with Gasteiger partial charge in [-0.1, -0.05) is 6.92 Å². The summed E-state index contributed by atoms with van der Waals surface area (Å²) in [6, 6.07) is -0.341. The number of nitrogens with one attached hydrogen (secondary N) is 1. The fourth-order valence-electron chi connectivity index (χ4n) is 0.714. The topological polar surface area (TPSA) is 85.8 Å². The van der Waals surface area contributed by atoms with Gasteiger partial charge in [0.15, 0.2) is 0 Å². The zero-order chi connectivity index (χ0) is 8.97. The molecular weight excluding hydrogens is 158 g/mol. The summed E-state index contributed by atoms with van der Waals surface area (Å²) in [5, 5.41) is 6.25. The van der Waals surface area contributed by atoms with Crippen LogP contribution in [0.4, 0.5) is 10.7 Å². The van der Waals surface area contributed by atoms with Crippen LogP contribution in [0.15, 0.2) is 6.33 Å². The van der Waals surface area contributed by atoms with Gasteiger partial charge in [-0.05, 0) is 6.42 Å². The molecule has 66 valence electrons. The minimum Gasteiger partial charge on any atom is -0.368 e. The molecule has 12 heavy (non-hydrogen) atoms. The predicted octanol–water partition coefficient (Wildman–Crippen LogP) is -0.172. The molecule has 0 fully saturated rings. The minimum absolute atomic E-state index is 0.101. The molecule has 6 heteroatoms. The quantitative estimate of drug-likeness (QED) is 0.643. The van der Waals surface area contributed by atoms with Crippen molar-refractivity contribution in [2.75, 3.05) is 12.3 Å². The molecule has 1 aromatic rings. The van der Waals surface area contributed by atoms with Crippen LogP contribution in [0.3, 0.4) is 0 Å². The summed E-state index contributed by atoms with van der Waals surface area (Å²) in [5.74, 6) is 0.101. The molecular formula is C6H11N5O. The Morgan fingerprint density at radius 3 is 3.08 bits per heavy atom. The van der Waals surface area contributed by atoms with E-state index < -0.39 is 0 Å². The van der Waals surface area contributed by atoms with Gasteiger partial charge in [0.2, 0.25) is 5.95 Å². The molecule has 0 aliphatic heterocycles. The Morgan fingerprint density at radius 2 is 2.58 bits per heavy atom. The highest BCUT2D eigenvalue weighted by Gasteiger charge is 2.07. The summed E-state index contributed by atoms with van der Waals surface area (Å²) in [5.41, 5.74) is 5.34. The normalized spacial score (nSPS) is 9.75. The van der Waals surface area contributed by atoms with Crippen LogP contribution in [0.25, 0.3) is 0 Å². The van der Waals surface area contributed by atoms with Crippen molar-refractivity contribution < 1.29 is 4.79 Å². The van der Waals surface area contributed by atoms with E-state index in [0.29, 0.717) is 6.54 Å². The Balaban J connectivity index is 2.59. The van der Waals surface area contributed by atoms with E-state index in [4.69, 9.17) is 5.73 Å². The number of nitrogen functional groups attached to an aromatic ring is 1. The zero-order valence-corrected chi connectivity index (χ0v) is 6.82. The molecule has 6 nitrogen and oxygen atoms in total. The van der Waals surface area contributed by atoms with Gasteiger partial charge in [0, 0.05) is 6.54 Å². The third-order valence-corrected chi connectivity index (χ3v) is 1.29. The molecule has 1 aromatic heterocycles. The lowest BCUT2D eigenvalue weighted by Crippen LogP contribution is -2.30. The number of nitrogens with zero attached hydrogens (tertiary/aromatic N) is 3. The Hall–Kier alpha value is -1.59. The Labute approximate surface area is 69.8 Å². The molecule has 0 saturated heterocycles. The minimum atomic E-state index is -0.341. The van der Waals surface area contributed by atoms with E-state index in [-0.39, 0.29) is 12.0 Å². The number of carbonyl (C=O) groups is 1. The molecule has 0 unspecified atom stereocenters. The lowest BCUT2D eigenvalue weighted by Gasteiger charge is -2.02. The average molecular weight is 169 g/mol. The van der Waals surface area contributed by atoms with Gasteiger partial charge >= 0.3 is 6.03 Å². The maximum atomic E-state index is 11.2. The van der Waals surface area contributed by atoms with Crippen LogP contribution >= 0.6 is 0 Å². The molecule has 0 spiro atoms. The Morgan fingerprint density at radius 1 is 1.83 bits per heavy atom. The molecule has 0 aromatic carbocycles. The van der Waals surface area contributed by atoms with E-state index in [1.165, 1.54) is 6.33 Å². The maximum absolute atomic E-state index is 11.2. The number of amides is 1. The standard InChI is InChI=1S/C6H11N5O/c1-2-3-8-6(12)11-5(7)9-4-10-11/h4H,2-3H2,1H3,(H,8,12)(H2,7,9,10). The van der Waals surface area contributed by atoms with Crippen molar-refractivity contribution in [3.05, 3.63) is 6.33 Å². The third-order valence-electron chi connectivity index (χ3n) is 1.29. The second-order valence-electron chi connectivity index (χ2n) is 2.26. The van der Waals surface area contributed by atoms with Gasteiger partial charge in [-0.2, -0.15) is 4.98 Å². The number of carbonyl (C=O) groups excluding carboxylic acids is 1. The first-order chi connectivity index (χ1) is 5.75. The van der Waals surface area contributed by atoms with Crippen molar-refractivity contribution in [2.45, 2.75) is 13.3 Å². The third kappa shape index (κ3) is 1.71. The van der Waals surface area contributed by atoms with Crippen LogP contribution < -0.4 is 11.1 Å². The molecule has 0 bridgehead atoms. The summed E-state index contributed by atoms with van der Waals surface area (Å²) >= 11 is 0.